The number of rotatable bonds is 6. The summed E-state index contributed by atoms with van der Waals surface area (Å²) in [4.78, 5) is 20.7. The van der Waals surface area contributed by atoms with Crippen LogP contribution < -0.4 is 10.1 Å². The van der Waals surface area contributed by atoms with Crippen LogP contribution in [-0.2, 0) is 4.79 Å². The fourth-order valence-electron chi connectivity index (χ4n) is 2.52. The fourth-order valence-corrected chi connectivity index (χ4v) is 2.52. The van der Waals surface area contributed by atoms with Crippen molar-refractivity contribution in [3.05, 3.63) is 42.5 Å². The van der Waals surface area contributed by atoms with Crippen molar-refractivity contribution in [1.82, 2.24) is 24.9 Å². The smallest absolute Gasteiger partial charge is 0.220 e. The number of carbonyl (C=O) groups excluding carboxylic acids is 1. The van der Waals surface area contributed by atoms with E-state index in [9.17, 15) is 4.79 Å². The molecule has 1 amide bonds. The molecule has 0 saturated carbocycles. The highest BCUT2D eigenvalue weighted by Gasteiger charge is 2.15. The molecule has 0 aliphatic rings. The van der Waals surface area contributed by atoms with Gasteiger partial charge in [0.15, 0.2) is 11.5 Å². The zero-order valence-electron chi connectivity index (χ0n) is 14.6. The van der Waals surface area contributed by atoms with E-state index < -0.39 is 0 Å². The SMILES string of the molecule is CCCC(=O)N[C@@H](C)c1nc2cc(-c3ccc(OC)cc3)ncn2n1. The molecule has 1 N–H and O–H groups in total. The van der Waals surface area contributed by atoms with E-state index in [4.69, 9.17) is 4.74 Å². The molecule has 0 spiro atoms. The lowest BCUT2D eigenvalue weighted by atomic mass is 10.1. The highest BCUT2D eigenvalue weighted by molar-refractivity contribution is 5.76. The quantitative estimate of drug-likeness (QED) is 0.747. The van der Waals surface area contributed by atoms with Crippen LogP contribution in [0.1, 0.15) is 38.6 Å². The zero-order chi connectivity index (χ0) is 17.8. The number of hydrogen-bond donors (Lipinski definition) is 1. The Kier molecular flexibility index (Phi) is 4.92. The number of aromatic nitrogens is 4. The molecule has 0 aliphatic carbocycles. The predicted molar refractivity (Wildman–Crippen MR) is 94.2 cm³/mol. The number of hydrogen-bond acceptors (Lipinski definition) is 5. The van der Waals surface area contributed by atoms with Crippen LogP contribution in [0.25, 0.3) is 16.9 Å². The molecule has 0 radical (unpaired) electrons. The summed E-state index contributed by atoms with van der Waals surface area (Å²) in [6, 6.07) is 9.30. The van der Waals surface area contributed by atoms with Crippen LogP contribution in [0.4, 0.5) is 0 Å². The lowest BCUT2D eigenvalue weighted by molar-refractivity contribution is -0.121. The number of benzene rings is 1. The highest BCUT2D eigenvalue weighted by Crippen LogP contribution is 2.21. The summed E-state index contributed by atoms with van der Waals surface area (Å²) >= 11 is 0. The van der Waals surface area contributed by atoms with Gasteiger partial charge in [-0.15, -0.1) is 5.10 Å². The Hall–Kier alpha value is -2.96. The summed E-state index contributed by atoms with van der Waals surface area (Å²) in [6.07, 6.45) is 2.94. The first-order chi connectivity index (χ1) is 12.1. The van der Waals surface area contributed by atoms with Gasteiger partial charge in [0.05, 0.1) is 18.8 Å². The van der Waals surface area contributed by atoms with E-state index in [1.165, 1.54) is 0 Å². The van der Waals surface area contributed by atoms with Crippen LogP contribution in [0.2, 0.25) is 0 Å². The second-order valence-electron chi connectivity index (χ2n) is 5.81. The molecule has 25 heavy (non-hydrogen) atoms. The van der Waals surface area contributed by atoms with Crippen LogP contribution in [-0.4, -0.2) is 32.6 Å². The van der Waals surface area contributed by atoms with Crippen molar-refractivity contribution in [3.8, 4) is 17.0 Å². The third kappa shape index (κ3) is 3.76. The maximum absolute atomic E-state index is 11.7. The second kappa shape index (κ2) is 7.29. The van der Waals surface area contributed by atoms with Gasteiger partial charge < -0.3 is 10.1 Å². The maximum atomic E-state index is 11.7. The van der Waals surface area contributed by atoms with Crippen molar-refractivity contribution in [2.75, 3.05) is 7.11 Å². The molecule has 2 aromatic heterocycles. The molecule has 0 saturated heterocycles. The minimum Gasteiger partial charge on any atom is -0.497 e. The number of nitrogens with one attached hydrogen (secondary N) is 1. The van der Waals surface area contributed by atoms with Gasteiger partial charge in [-0.1, -0.05) is 6.92 Å². The van der Waals surface area contributed by atoms with Crippen molar-refractivity contribution >= 4 is 11.6 Å². The number of ether oxygens (including phenoxy) is 1. The Morgan fingerprint density at radius 3 is 2.76 bits per heavy atom. The van der Waals surface area contributed by atoms with Crippen LogP contribution in [0.3, 0.4) is 0 Å². The predicted octanol–water partition coefficient (Wildman–Crippen LogP) is 2.78. The molecule has 0 bridgehead atoms. The van der Waals surface area contributed by atoms with Gasteiger partial charge in [0, 0.05) is 18.1 Å². The molecule has 7 nitrogen and oxygen atoms in total. The summed E-state index contributed by atoms with van der Waals surface area (Å²) in [7, 11) is 1.64. The topological polar surface area (TPSA) is 81.4 Å². The summed E-state index contributed by atoms with van der Waals surface area (Å²) in [6.45, 7) is 3.85. The van der Waals surface area contributed by atoms with Gasteiger partial charge in [0.1, 0.15) is 12.1 Å². The molecule has 7 heteroatoms. The highest BCUT2D eigenvalue weighted by atomic mass is 16.5. The van der Waals surface area contributed by atoms with E-state index in [0.717, 1.165) is 23.4 Å². The van der Waals surface area contributed by atoms with E-state index in [2.05, 4.69) is 20.4 Å². The number of carbonyl (C=O) groups is 1. The van der Waals surface area contributed by atoms with Gasteiger partial charge in [0.25, 0.3) is 0 Å². The summed E-state index contributed by atoms with van der Waals surface area (Å²) in [5.41, 5.74) is 2.46. The Morgan fingerprint density at radius 1 is 1.32 bits per heavy atom. The molecule has 130 valence electrons. The van der Waals surface area contributed by atoms with Gasteiger partial charge in [-0.3, -0.25) is 4.79 Å². The maximum Gasteiger partial charge on any atom is 0.220 e. The monoisotopic (exact) mass is 339 g/mol. The Bertz CT molecular complexity index is 873. The normalized spacial score (nSPS) is 12.1. The Balaban J connectivity index is 1.84. The van der Waals surface area contributed by atoms with Crippen LogP contribution >= 0.6 is 0 Å². The van der Waals surface area contributed by atoms with Crippen molar-refractivity contribution < 1.29 is 9.53 Å². The fraction of sp³-hybridized carbons (Fsp3) is 0.333. The standard InChI is InChI=1S/C18H21N5O2/c1-4-5-17(24)20-12(2)18-21-16-10-15(19-11-23(16)22-18)13-6-8-14(25-3)9-7-13/h6-12H,4-5H2,1-3H3,(H,20,24)/t12-/m0/s1. The first kappa shape index (κ1) is 16.9. The number of amides is 1. The van der Waals surface area contributed by atoms with Crippen molar-refractivity contribution in [3.63, 3.8) is 0 Å². The molecule has 0 unspecified atom stereocenters. The van der Waals surface area contributed by atoms with E-state index in [0.29, 0.717) is 17.9 Å². The van der Waals surface area contributed by atoms with Crippen molar-refractivity contribution in [2.24, 2.45) is 0 Å². The largest absolute Gasteiger partial charge is 0.497 e. The van der Waals surface area contributed by atoms with Crippen LogP contribution in [0.5, 0.6) is 5.75 Å². The zero-order valence-corrected chi connectivity index (χ0v) is 14.6. The molecule has 0 aliphatic heterocycles. The molecule has 1 atom stereocenters. The molecule has 2 heterocycles. The average molecular weight is 339 g/mol. The van der Waals surface area contributed by atoms with Gasteiger partial charge in [-0.2, -0.15) is 0 Å². The minimum absolute atomic E-state index is 0.00547. The molecule has 3 rings (SSSR count). The molecule has 3 aromatic rings. The van der Waals surface area contributed by atoms with Crippen LogP contribution in [0.15, 0.2) is 36.7 Å². The Labute approximate surface area is 146 Å². The molecule has 0 fully saturated rings. The van der Waals surface area contributed by atoms with Gasteiger partial charge >= 0.3 is 0 Å². The van der Waals surface area contributed by atoms with Gasteiger partial charge in [-0.25, -0.2) is 14.5 Å². The van der Waals surface area contributed by atoms with E-state index >= 15 is 0 Å². The van der Waals surface area contributed by atoms with E-state index in [1.54, 1.807) is 18.0 Å². The number of fused-ring (bicyclic) bond motifs is 1. The minimum atomic E-state index is -0.247. The number of methoxy groups -OCH3 is 1. The molecule has 1 aromatic carbocycles. The third-order valence-corrected chi connectivity index (χ3v) is 3.87. The first-order valence-corrected chi connectivity index (χ1v) is 8.27. The van der Waals surface area contributed by atoms with Crippen molar-refractivity contribution in [1.29, 1.82) is 0 Å². The van der Waals surface area contributed by atoms with Crippen LogP contribution in [0, 0.1) is 0 Å². The first-order valence-electron chi connectivity index (χ1n) is 8.27. The average Bonchev–Trinajstić information content (AvgIpc) is 3.05. The van der Waals surface area contributed by atoms with Gasteiger partial charge in [-0.05, 0) is 37.6 Å². The van der Waals surface area contributed by atoms with Crippen molar-refractivity contribution in [2.45, 2.75) is 32.7 Å². The Morgan fingerprint density at radius 2 is 2.08 bits per heavy atom. The van der Waals surface area contributed by atoms with Gasteiger partial charge in [0.2, 0.25) is 5.91 Å². The summed E-state index contributed by atoms with van der Waals surface area (Å²) in [5, 5.41) is 7.30. The lowest BCUT2D eigenvalue weighted by Crippen LogP contribution is -2.26. The molecular formula is C18H21N5O2. The third-order valence-electron chi connectivity index (χ3n) is 3.87. The second-order valence-corrected chi connectivity index (χ2v) is 5.81. The lowest BCUT2D eigenvalue weighted by Gasteiger charge is -2.09. The van der Waals surface area contributed by atoms with E-state index in [1.807, 2.05) is 44.2 Å². The van der Waals surface area contributed by atoms with E-state index in [-0.39, 0.29) is 11.9 Å². The molecular weight excluding hydrogens is 318 g/mol. The summed E-state index contributed by atoms with van der Waals surface area (Å²) < 4.78 is 6.79. The number of nitrogens with zero attached hydrogens (tertiary/aromatic N) is 4. The summed E-state index contributed by atoms with van der Waals surface area (Å²) in [5.74, 6) is 1.37.